The summed E-state index contributed by atoms with van der Waals surface area (Å²) < 4.78 is 32.0. The van der Waals surface area contributed by atoms with Gasteiger partial charge >= 0.3 is 0 Å². The number of hydrogen-bond donors (Lipinski definition) is 0. The highest BCUT2D eigenvalue weighted by Crippen LogP contribution is 2.49. The van der Waals surface area contributed by atoms with Crippen molar-refractivity contribution < 1.29 is 8.78 Å². The Labute approximate surface area is 211 Å². The number of benzene rings is 2. The van der Waals surface area contributed by atoms with Crippen molar-refractivity contribution in [3.8, 4) is 6.07 Å². The van der Waals surface area contributed by atoms with Gasteiger partial charge in [0, 0.05) is 19.5 Å². The summed E-state index contributed by atoms with van der Waals surface area (Å²) in [6.07, 6.45) is 8.73. The first-order valence-corrected chi connectivity index (χ1v) is 13.4. The smallest absolute Gasteiger partial charge is 0.136 e. The summed E-state index contributed by atoms with van der Waals surface area (Å²) in [5.74, 6) is 0. The molecule has 0 spiro atoms. The van der Waals surface area contributed by atoms with Crippen molar-refractivity contribution in [2.75, 3.05) is 7.05 Å². The van der Waals surface area contributed by atoms with Gasteiger partial charge in [-0.25, -0.2) is 8.78 Å². The van der Waals surface area contributed by atoms with Crippen LogP contribution < -0.4 is 0 Å². The van der Waals surface area contributed by atoms with Gasteiger partial charge in [0.1, 0.15) is 11.3 Å². The number of alkyl halides is 2. The van der Waals surface area contributed by atoms with Gasteiger partial charge in [-0.3, -0.25) is 4.90 Å². The first-order chi connectivity index (χ1) is 16.9. The Bertz CT molecular complexity index is 913. The molecule has 2 aliphatic carbocycles. The second-order valence-corrected chi connectivity index (χ2v) is 10.4. The molecule has 2 aromatic rings. The number of nitriles is 1. The van der Waals surface area contributed by atoms with E-state index in [9.17, 15) is 0 Å². The number of hydrogen-bond acceptors (Lipinski definition) is 2. The average molecular weight is 481 g/mol. The predicted octanol–water partition coefficient (Wildman–Crippen LogP) is 8.54. The van der Waals surface area contributed by atoms with E-state index in [-0.39, 0.29) is 0 Å². The van der Waals surface area contributed by atoms with E-state index in [4.69, 9.17) is 5.26 Å². The third kappa shape index (κ3) is 6.70. The van der Waals surface area contributed by atoms with Crippen LogP contribution in [0.5, 0.6) is 0 Å². The topological polar surface area (TPSA) is 27.0 Å². The lowest BCUT2D eigenvalue weighted by atomic mass is 9.80. The van der Waals surface area contributed by atoms with Crippen LogP contribution in [0.2, 0.25) is 0 Å². The Morgan fingerprint density at radius 3 is 1.83 bits per heavy atom. The Kier molecular flexibility index (Phi) is 9.87. The molecule has 4 heteroatoms. The van der Waals surface area contributed by atoms with E-state index >= 15 is 8.78 Å². The monoisotopic (exact) mass is 480 g/mol. The summed E-state index contributed by atoms with van der Waals surface area (Å²) >= 11 is 0. The average Bonchev–Trinajstić information content (AvgIpc) is 3.50. The van der Waals surface area contributed by atoms with Crippen molar-refractivity contribution in [2.24, 2.45) is 0 Å². The van der Waals surface area contributed by atoms with E-state index in [2.05, 4.69) is 43.1 Å². The summed E-state index contributed by atoms with van der Waals surface area (Å²) in [5.41, 5.74) is 1.30. The molecule has 0 N–H and O–H groups in total. The van der Waals surface area contributed by atoms with Crippen LogP contribution in [0, 0.1) is 11.3 Å². The van der Waals surface area contributed by atoms with Crippen LogP contribution in [0.1, 0.15) is 100 Å². The summed E-state index contributed by atoms with van der Waals surface area (Å²) in [7, 11) is 2.18. The maximum Gasteiger partial charge on any atom is 0.136 e. The molecular weight excluding hydrogens is 438 g/mol. The third-order valence-corrected chi connectivity index (χ3v) is 8.03. The Morgan fingerprint density at radius 1 is 0.886 bits per heavy atom. The molecule has 0 heterocycles. The molecule has 35 heavy (non-hydrogen) atoms. The molecule has 0 saturated heterocycles. The Balaban J connectivity index is 0.00000108. The number of rotatable bonds is 9. The fourth-order valence-corrected chi connectivity index (χ4v) is 6.15. The van der Waals surface area contributed by atoms with Crippen molar-refractivity contribution >= 4 is 0 Å². The van der Waals surface area contributed by atoms with E-state index in [0.29, 0.717) is 31.7 Å². The highest BCUT2D eigenvalue weighted by Gasteiger charge is 2.42. The minimum absolute atomic E-state index is 0.384. The van der Waals surface area contributed by atoms with E-state index in [0.717, 1.165) is 68.2 Å². The third-order valence-electron chi connectivity index (χ3n) is 8.03. The highest BCUT2D eigenvalue weighted by molar-refractivity contribution is 5.43. The lowest BCUT2D eigenvalue weighted by Crippen LogP contribution is -2.32. The molecule has 1 unspecified atom stereocenters. The van der Waals surface area contributed by atoms with Gasteiger partial charge in [-0.05, 0) is 99.9 Å². The Hall–Kier alpha value is -2.25. The molecule has 1 atom stereocenters. The summed E-state index contributed by atoms with van der Waals surface area (Å²) in [6.45, 7) is 4.55. The van der Waals surface area contributed by atoms with E-state index in [1.807, 2.05) is 24.3 Å². The summed E-state index contributed by atoms with van der Waals surface area (Å²) in [4.78, 5) is 2.40. The van der Waals surface area contributed by atoms with Gasteiger partial charge < -0.3 is 0 Å². The molecule has 0 bridgehead atoms. The molecule has 2 saturated carbocycles. The van der Waals surface area contributed by atoms with Crippen LogP contribution in [0.25, 0.3) is 0 Å². The standard InChI is InChI=1S/C29H39F2N.C2H3N/c1-3-24(32(2)22-23-12-5-4-6-13-23)16-17-25-26(28(30)18-7-8-19-28)14-11-15-27(25)29(31)20-9-10-21-29;1-2-3/h4-6,11-15,24H,3,7-10,16-22H2,1-2H3;1H3. The van der Waals surface area contributed by atoms with Gasteiger partial charge in [0.05, 0.1) is 6.07 Å². The van der Waals surface area contributed by atoms with E-state index in [1.165, 1.54) is 12.5 Å². The lowest BCUT2D eigenvalue weighted by Gasteiger charge is -2.32. The lowest BCUT2D eigenvalue weighted by molar-refractivity contribution is 0.161. The van der Waals surface area contributed by atoms with Crippen molar-refractivity contribution in [3.05, 3.63) is 70.8 Å². The van der Waals surface area contributed by atoms with Gasteiger partial charge in [-0.15, -0.1) is 0 Å². The molecule has 0 radical (unpaired) electrons. The van der Waals surface area contributed by atoms with Crippen LogP contribution in [-0.4, -0.2) is 18.0 Å². The molecule has 0 aliphatic heterocycles. The number of halogens is 2. The zero-order chi connectivity index (χ0) is 25.3. The fraction of sp³-hybridized carbons (Fsp3) is 0.581. The second kappa shape index (κ2) is 12.6. The van der Waals surface area contributed by atoms with Crippen LogP contribution in [0.4, 0.5) is 8.78 Å². The molecule has 0 amide bonds. The van der Waals surface area contributed by atoms with Gasteiger partial charge in [0.2, 0.25) is 0 Å². The highest BCUT2D eigenvalue weighted by atomic mass is 19.1. The van der Waals surface area contributed by atoms with Crippen LogP contribution >= 0.6 is 0 Å². The summed E-state index contributed by atoms with van der Waals surface area (Å²) in [5, 5.41) is 7.32. The predicted molar refractivity (Wildman–Crippen MR) is 141 cm³/mol. The molecule has 2 fully saturated rings. The van der Waals surface area contributed by atoms with Gasteiger partial charge in [0.25, 0.3) is 0 Å². The molecular formula is C31H42F2N2. The number of nitrogens with zero attached hydrogens (tertiary/aromatic N) is 2. The second-order valence-electron chi connectivity index (χ2n) is 10.4. The maximum absolute atomic E-state index is 16.0. The fourth-order valence-electron chi connectivity index (χ4n) is 6.15. The van der Waals surface area contributed by atoms with Gasteiger partial charge in [0.15, 0.2) is 0 Å². The van der Waals surface area contributed by atoms with Crippen molar-refractivity contribution in [1.29, 1.82) is 5.26 Å². The van der Waals surface area contributed by atoms with Crippen molar-refractivity contribution in [1.82, 2.24) is 4.90 Å². The van der Waals surface area contributed by atoms with Crippen LogP contribution in [-0.2, 0) is 24.3 Å². The molecule has 4 rings (SSSR count). The molecule has 2 aliphatic rings. The first kappa shape index (κ1) is 27.3. The van der Waals surface area contributed by atoms with Crippen LogP contribution in [0.15, 0.2) is 48.5 Å². The van der Waals surface area contributed by atoms with E-state index < -0.39 is 11.3 Å². The molecule has 0 aromatic heterocycles. The van der Waals surface area contributed by atoms with E-state index in [1.54, 1.807) is 6.07 Å². The quantitative estimate of drug-likeness (QED) is 0.359. The largest absolute Gasteiger partial charge is 0.299 e. The van der Waals surface area contributed by atoms with Gasteiger partial charge in [-0.1, -0.05) is 55.5 Å². The first-order valence-electron chi connectivity index (χ1n) is 13.4. The normalized spacial score (nSPS) is 19.1. The minimum Gasteiger partial charge on any atom is -0.299 e. The van der Waals surface area contributed by atoms with Crippen LogP contribution in [0.3, 0.4) is 0 Å². The maximum atomic E-state index is 16.0. The Morgan fingerprint density at radius 2 is 1.37 bits per heavy atom. The molecule has 2 nitrogen and oxygen atoms in total. The van der Waals surface area contributed by atoms with Crippen molar-refractivity contribution in [2.45, 2.75) is 108 Å². The minimum atomic E-state index is -1.28. The van der Waals surface area contributed by atoms with Crippen molar-refractivity contribution in [3.63, 3.8) is 0 Å². The SMILES string of the molecule is CC#N.CCC(CCc1c(C2(F)CCCC2)cccc1C1(F)CCCC1)N(C)Cc1ccccc1. The molecule has 2 aromatic carbocycles. The van der Waals surface area contributed by atoms with Gasteiger partial charge in [-0.2, -0.15) is 5.26 Å². The molecule has 190 valence electrons. The summed E-state index contributed by atoms with van der Waals surface area (Å²) in [6, 6.07) is 18.5. The zero-order valence-corrected chi connectivity index (χ0v) is 21.8. The zero-order valence-electron chi connectivity index (χ0n) is 21.8.